The Hall–Kier alpha value is -1.31. The van der Waals surface area contributed by atoms with E-state index in [1.54, 1.807) is 13.0 Å². The second-order valence-electron chi connectivity index (χ2n) is 5.19. The third kappa shape index (κ3) is 3.37. The number of carbonyl (C=O) groups is 1. The second kappa shape index (κ2) is 6.23. The van der Waals surface area contributed by atoms with Crippen molar-refractivity contribution in [2.45, 2.75) is 50.9 Å². The van der Waals surface area contributed by atoms with Gasteiger partial charge in [0.25, 0.3) is 0 Å². The summed E-state index contributed by atoms with van der Waals surface area (Å²) in [4.78, 5) is 11.2. The van der Waals surface area contributed by atoms with E-state index in [9.17, 15) is 15.0 Å². The van der Waals surface area contributed by atoms with Crippen LogP contribution in [0.5, 0.6) is 0 Å². The predicted molar refractivity (Wildman–Crippen MR) is 69.9 cm³/mol. The lowest BCUT2D eigenvalue weighted by Gasteiger charge is -2.15. The van der Waals surface area contributed by atoms with Gasteiger partial charge in [-0.3, -0.25) is 4.79 Å². The number of rotatable bonds is 4. The summed E-state index contributed by atoms with van der Waals surface area (Å²) in [6.07, 6.45) is 4.47. The molecule has 1 saturated carbocycles. The van der Waals surface area contributed by atoms with E-state index >= 15 is 0 Å². The molecule has 1 saturated heterocycles. The Kier molecular flexibility index (Phi) is 4.62. The fourth-order valence-electron chi connectivity index (χ4n) is 2.88. The zero-order valence-electron chi connectivity index (χ0n) is 11.1. The number of aliphatic hydroxyl groups is 2. The van der Waals surface area contributed by atoms with Crippen LogP contribution in [0.2, 0.25) is 0 Å². The standard InChI is InChI=1S/C15H20O4/c1-2-3-4-5-10(16)6-7-11-12-8-15(18)19-14(12)9-13(11)17/h6-7,10-14,16-17H,4-5,8-9H2,1H3/b7-6+/t10-,11+,12+,13+,14-/m0/s1. The van der Waals surface area contributed by atoms with Gasteiger partial charge in [0, 0.05) is 24.7 Å². The molecule has 4 heteroatoms. The smallest absolute Gasteiger partial charge is 0.306 e. The highest BCUT2D eigenvalue weighted by Crippen LogP contribution is 2.42. The Morgan fingerprint density at radius 2 is 2.37 bits per heavy atom. The fourth-order valence-corrected chi connectivity index (χ4v) is 2.88. The number of esters is 1. The minimum atomic E-state index is -0.551. The molecule has 2 N–H and O–H groups in total. The van der Waals surface area contributed by atoms with E-state index in [4.69, 9.17) is 4.74 Å². The van der Waals surface area contributed by atoms with E-state index < -0.39 is 12.2 Å². The topological polar surface area (TPSA) is 66.8 Å². The Bertz CT molecular complexity index is 418. The van der Waals surface area contributed by atoms with E-state index in [0.717, 1.165) is 0 Å². The summed E-state index contributed by atoms with van der Waals surface area (Å²) < 4.78 is 5.16. The molecule has 2 fully saturated rings. The first-order valence-corrected chi connectivity index (χ1v) is 6.75. The van der Waals surface area contributed by atoms with Crippen molar-refractivity contribution < 1.29 is 19.7 Å². The lowest BCUT2D eigenvalue weighted by molar-refractivity contribution is -0.141. The number of ether oxygens (including phenoxy) is 1. The first kappa shape index (κ1) is 14.1. The van der Waals surface area contributed by atoms with Gasteiger partial charge in [-0.1, -0.05) is 12.2 Å². The zero-order chi connectivity index (χ0) is 13.8. The van der Waals surface area contributed by atoms with Gasteiger partial charge in [0.2, 0.25) is 0 Å². The molecule has 104 valence electrons. The summed E-state index contributed by atoms with van der Waals surface area (Å²) in [5.41, 5.74) is 0. The van der Waals surface area contributed by atoms with Crippen LogP contribution in [0.25, 0.3) is 0 Å². The Morgan fingerprint density at radius 3 is 3.11 bits per heavy atom. The van der Waals surface area contributed by atoms with Gasteiger partial charge in [-0.25, -0.2) is 0 Å². The van der Waals surface area contributed by atoms with Gasteiger partial charge in [-0.15, -0.1) is 11.8 Å². The molecule has 4 nitrogen and oxygen atoms in total. The summed E-state index contributed by atoms with van der Waals surface area (Å²) in [7, 11) is 0. The lowest BCUT2D eigenvalue weighted by atomic mass is 9.91. The van der Waals surface area contributed by atoms with Gasteiger partial charge in [0.15, 0.2) is 0 Å². The van der Waals surface area contributed by atoms with Crippen molar-refractivity contribution >= 4 is 5.97 Å². The quantitative estimate of drug-likeness (QED) is 0.452. The molecule has 0 aromatic carbocycles. The minimum Gasteiger partial charge on any atom is -0.462 e. The highest BCUT2D eigenvalue weighted by Gasteiger charge is 2.48. The van der Waals surface area contributed by atoms with Crippen LogP contribution in [0.4, 0.5) is 0 Å². The number of carbonyl (C=O) groups excluding carboxylic acids is 1. The van der Waals surface area contributed by atoms with Crippen LogP contribution < -0.4 is 0 Å². The van der Waals surface area contributed by atoms with Crippen molar-refractivity contribution in [1.29, 1.82) is 0 Å². The summed E-state index contributed by atoms with van der Waals surface area (Å²) in [5.74, 6) is 5.47. The number of aliphatic hydroxyl groups excluding tert-OH is 2. The van der Waals surface area contributed by atoms with Gasteiger partial charge in [0.1, 0.15) is 6.10 Å². The minimum absolute atomic E-state index is 0.0568. The summed E-state index contributed by atoms with van der Waals surface area (Å²) in [6.45, 7) is 1.77. The average Bonchev–Trinajstić information content (AvgIpc) is 2.82. The molecule has 1 aliphatic heterocycles. The Morgan fingerprint density at radius 1 is 1.58 bits per heavy atom. The van der Waals surface area contributed by atoms with Crippen molar-refractivity contribution in [3.8, 4) is 11.8 Å². The maximum Gasteiger partial charge on any atom is 0.306 e. The molecule has 0 aromatic heterocycles. The third-order valence-electron chi connectivity index (χ3n) is 3.87. The molecule has 1 aliphatic carbocycles. The molecule has 0 unspecified atom stereocenters. The van der Waals surface area contributed by atoms with E-state index in [0.29, 0.717) is 25.7 Å². The third-order valence-corrected chi connectivity index (χ3v) is 3.87. The van der Waals surface area contributed by atoms with Gasteiger partial charge < -0.3 is 14.9 Å². The molecule has 2 rings (SSSR count). The number of fused-ring (bicyclic) bond motifs is 1. The SMILES string of the molecule is CC#CCC[C@H](O)/C=C/[C@@H]1[C@H]2CC(=O)O[C@H]2C[C@H]1O. The van der Waals surface area contributed by atoms with Crippen molar-refractivity contribution in [1.82, 2.24) is 0 Å². The normalized spacial score (nSPS) is 34.8. The molecule has 0 bridgehead atoms. The lowest BCUT2D eigenvalue weighted by Crippen LogP contribution is -2.18. The molecule has 0 aromatic rings. The number of hydrogen-bond donors (Lipinski definition) is 2. The highest BCUT2D eigenvalue weighted by molar-refractivity contribution is 5.72. The Labute approximate surface area is 113 Å². The molecular formula is C15H20O4. The van der Waals surface area contributed by atoms with Crippen molar-refractivity contribution in [3.05, 3.63) is 12.2 Å². The van der Waals surface area contributed by atoms with E-state index in [-0.39, 0.29) is 23.9 Å². The van der Waals surface area contributed by atoms with Gasteiger partial charge in [-0.05, 0) is 13.3 Å². The van der Waals surface area contributed by atoms with E-state index in [2.05, 4.69) is 11.8 Å². The number of hydrogen-bond acceptors (Lipinski definition) is 4. The van der Waals surface area contributed by atoms with Crippen molar-refractivity contribution in [2.75, 3.05) is 0 Å². The maximum absolute atomic E-state index is 11.2. The largest absolute Gasteiger partial charge is 0.462 e. The zero-order valence-corrected chi connectivity index (χ0v) is 11.1. The van der Waals surface area contributed by atoms with Gasteiger partial charge in [0.05, 0.1) is 18.6 Å². The average molecular weight is 264 g/mol. The first-order valence-electron chi connectivity index (χ1n) is 6.75. The molecule has 1 heterocycles. The van der Waals surface area contributed by atoms with Gasteiger partial charge >= 0.3 is 5.97 Å². The summed E-state index contributed by atoms with van der Waals surface area (Å²) >= 11 is 0. The monoisotopic (exact) mass is 264 g/mol. The second-order valence-corrected chi connectivity index (χ2v) is 5.19. The summed E-state index contributed by atoms with van der Waals surface area (Å²) in [5, 5.41) is 19.7. The van der Waals surface area contributed by atoms with Crippen LogP contribution in [0.3, 0.4) is 0 Å². The predicted octanol–water partition coefficient (Wildman–Crippen LogP) is 1.02. The van der Waals surface area contributed by atoms with Crippen molar-refractivity contribution in [2.24, 2.45) is 11.8 Å². The summed E-state index contributed by atoms with van der Waals surface area (Å²) in [6, 6.07) is 0. The van der Waals surface area contributed by atoms with Crippen LogP contribution >= 0.6 is 0 Å². The van der Waals surface area contributed by atoms with E-state index in [1.165, 1.54) is 0 Å². The molecule has 0 spiro atoms. The molecule has 0 radical (unpaired) electrons. The van der Waals surface area contributed by atoms with E-state index in [1.807, 2.05) is 6.08 Å². The van der Waals surface area contributed by atoms with Gasteiger partial charge in [-0.2, -0.15) is 0 Å². The molecular weight excluding hydrogens is 244 g/mol. The van der Waals surface area contributed by atoms with Crippen molar-refractivity contribution in [3.63, 3.8) is 0 Å². The molecule has 5 atom stereocenters. The maximum atomic E-state index is 11.2. The molecule has 19 heavy (non-hydrogen) atoms. The van der Waals surface area contributed by atoms with Crippen LogP contribution in [0.15, 0.2) is 12.2 Å². The fraction of sp³-hybridized carbons (Fsp3) is 0.667. The van der Waals surface area contributed by atoms with Crippen LogP contribution in [0, 0.1) is 23.7 Å². The molecule has 0 amide bonds. The highest BCUT2D eigenvalue weighted by atomic mass is 16.6. The molecule has 2 aliphatic rings. The van der Waals surface area contributed by atoms with Crippen LogP contribution in [-0.2, 0) is 9.53 Å². The first-order chi connectivity index (χ1) is 9.11. The van der Waals surface area contributed by atoms with Crippen LogP contribution in [-0.4, -0.2) is 34.5 Å². The van der Waals surface area contributed by atoms with Crippen LogP contribution in [0.1, 0.15) is 32.6 Å². The Balaban J connectivity index is 1.89.